The van der Waals surface area contributed by atoms with E-state index in [4.69, 9.17) is 20.2 Å². The van der Waals surface area contributed by atoms with E-state index in [-0.39, 0.29) is 0 Å². The number of hydrogen-bond acceptors (Lipinski definition) is 8. The first-order chi connectivity index (χ1) is 16.4. The van der Waals surface area contributed by atoms with Crippen LogP contribution in [-0.4, -0.2) is 35.2 Å². The Kier molecular flexibility index (Phi) is 5.83. The van der Waals surface area contributed by atoms with Gasteiger partial charge in [-0.25, -0.2) is 14.5 Å². The van der Waals surface area contributed by atoms with Crippen LogP contribution in [0.3, 0.4) is 0 Å². The molecule has 0 radical (unpaired) electrons. The van der Waals surface area contributed by atoms with Gasteiger partial charge < -0.3 is 15.2 Å². The van der Waals surface area contributed by atoms with Crippen molar-refractivity contribution in [2.24, 2.45) is 7.05 Å². The van der Waals surface area contributed by atoms with Crippen LogP contribution in [0.5, 0.6) is 5.75 Å². The first kappa shape index (κ1) is 22.5. The average Bonchev–Trinajstić information content (AvgIpc) is 3.03. The van der Waals surface area contributed by atoms with Crippen molar-refractivity contribution in [2.45, 2.75) is 33.9 Å². The molecule has 0 fully saturated rings. The maximum absolute atomic E-state index is 6.25. The van der Waals surface area contributed by atoms with Gasteiger partial charge in [-0.2, -0.15) is 0 Å². The third-order valence-electron chi connectivity index (χ3n) is 6.35. The highest BCUT2D eigenvalue weighted by Gasteiger charge is 2.29. The van der Waals surface area contributed by atoms with E-state index in [2.05, 4.69) is 51.6 Å². The maximum Gasteiger partial charge on any atom is 0.235 e. The Labute approximate surface area is 203 Å². The van der Waals surface area contributed by atoms with Gasteiger partial charge in [0, 0.05) is 31.4 Å². The lowest BCUT2D eigenvalue weighted by atomic mass is 9.99. The molecule has 0 amide bonds. The Bertz CT molecular complexity index is 1400. The van der Waals surface area contributed by atoms with Gasteiger partial charge in [0.2, 0.25) is 11.6 Å². The highest BCUT2D eigenvalue weighted by Crippen LogP contribution is 2.35. The molecule has 2 N–H and O–H groups in total. The minimum absolute atomic E-state index is 0.508. The first-order valence-electron chi connectivity index (χ1n) is 11.2. The summed E-state index contributed by atoms with van der Waals surface area (Å²) < 4.78 is 13.9. The average molecular weight is 478 g/mol. The second-order valence-corrected chi connectivity index (χ2v) is 9.70. The smallest absolute Gasteiger partial charge is 0.235 e. The van der Waals surface area contributed by atoms with Gasteiger partial charge in [-0.3, -0.25) is 4.90 Å². The largest absolute Gasteiger partial charge is 0.490 e. The van der Waals surface area contributed by atoms with E-state index in [0.29, 0.717) is 18.3 Å². The monoisotopic (exact) mass is 477 g/mol. The molecule has 4 heterocycles. The summed E-state index contributed by atoms with van der Waals surface area (Å²) in [7, 11) is 3.78. The maximum atomic E-state index is 6.25. The van der Waals surface area contributed by atoms with Crippen LogP contribution in [0.25, 0.3) is 21.5 Å². The number of ether oxygens (including phenoxy) is 2. The molecular weight excluding hydrogens is 448 g/mol. The molecule has 3 aromatic heterocycles. The van der Waals surface area contributed by atoms with Gasteiger partial charge in [0.25, 0.3) is 0 Å². The summed E-state index contributed by atoms with van der Waals surface area (Å²) in [6.45, 7) is 8.77. The van der Waals surface area contributed by atoms with Crippen LogP contribution in [0.4, 0.5) is 10.9 Å². The summed E-state index contributed by atoms with van der Waals surface area (Å²) in [5, 5.41) is 0.532. The lowest BCUT2D eigenvalue weighted by molar-refractivity contribution is -0.669. The molecule has 4 aromatic rings. The van der Waals surface area contributed by atoms with Crippen LogP contribution in [0, 0.1) is 20.8 Å². The van der Waals surface area contributed by atoms with E-state index < -0.39 is 0 Å². The van der Waals surface area contributed by atoms with Crippen LogP contribution in [0.15, 0.2) is 24.4 Å². The molecule has 1 aliphatic rings. The van der Waals surface area contributed by atoms with Crippen molar-refractivity contribution in [1.82, 2.24) is 15.0 Å². The molecule has 8 nitrogen and oxygen atoms in total. The zero-order valence-corrected chi connectivity index (χ0v) is 21.0. The first-order valence-corrected chi connectivity index (χ1v) is 12.1. The van der Waals surface area contributed by atoms with Crippen molar-refractivity contribution in [2.75, 3.05) is 30.9 Å². The van der Waals surface area contributed by atoms with Crippen molar-refractivity contribution >= 4 is 32.6 Å². The normalized spacial score (nSPS) is 13.6. The Balaban J connectivity index is 1.59. The SMILES string of the molecule is COCc1c(C)nc(C)[n+](C)c1N1CCOc2c(C)cc(-c3cnc4sc(N)nc4c3)cc2C1. The van der Waals surface area contributed by atoms with E-state index in [1.807, 2.05) is 20.0 Å². The highest BCUT2D eigenvalue weighted by atomic mass is 32.1. The van der Waals surface area contributed by atoms with Crippen LogP contribution in [0.1, 0.15) is 28.2 Å². The number of pyridine rings is 1. The van der Waals surface area contributed by atoms with Gasteiger partial charge in [-0.1, -0.05) is 11.3 Å². The standard InChI is InChI=1S/C25H29N6O2S/c1-14-8-17(18-10-21-23(27-11-18)34-25(26)29-21)9-19-12-31(6-7-33-22(14)19)24-20(13-32-5)15(2)28-16(3)30(24)4/h8-11H,6-7,12-13H2,1-5H3,(H2,26,29)/q+1. The number of methoxy groups -OCH3 is 1. The van der Waals surface area contributed by atoms with Gasteiger partial charge in [0.05, 0.1) is 32.3 Å². The summed E-state index contributed by atoms with van der Waals surface area (Å²) in [5.74, 6) is 3.04. The predicted octanol–water partition coefficient (Wildman–Crippen LogP) is 3.63. The number of fused-ring (bicyclic) bond motifs is 2. The number of anilines is 2. The number of aromatic nitrogens is 4. The molecule has 34 heavy (non-hydrogen) atoms. The Morgan fingerprint density at radius 1 is 1.18 bits per heavy atom. The fourth-order valence-corrected chi connectivity index (χ4v) is 5.33. The van der Waals surface area contributed by atoms with Crippen LogP contribution >= 0.6 is 11.3 Å². The summed E-state index contributed by atoms with van der Waals surface area (Å²) in [6.07, 6.45) is 1.89. The van der Waals surface area contributed by atoms with E-state index in [0.717, 1.165) is 74.3 Å². The molecule has 176 valence electrons. The lowest BCUT2D eigenvalue weighted by Gasteiger charge is -2.22. The Morgan fingerprint density at radius 3 is 2.79 bits per heavy atom. The number of hydrogen-bond donors (Lipinski definition) is 1. The molecule has 0 spiro atoms. The number of nitrogen functional groups attached to an aromatic ring is 1. The van der Waals surface area contributed by atoms with E-state index in [9.17, 15) is 0 Å². The van der Waals surface area contributed by atoms with Crippen molar-refractivity contribution in [1.29, 1.82) is 0 Å². The van der Waals surface area contributed by atoms with Crippen molar-refractivity contribution in [3.05, 3.63) is 52.6 Å². The third-order valence-corrected chi connectivity index (χ3v) is 7.15. The number of nitrogens with two attached hydrogens (primary N) is 1. The summed E-state index contributed by atoms with van der Waals surface area (Å²) in [5.41, 5.74) is 13.1. The molecule has 0 unspecified atom stereocenters. The minimum Gasteiger partial charge on any atom is -0.490 e. The van der Waals surface area contributed by atoms with Gasteiger partial charge >= 0.3 is 0 Å². The second-order valence-electron chi connectivity index (χ2n) is 8.69. The number of aryl methyl sites for hydroxylation is 3. The van der Waals surface area contributed by atoms with E-state index in [1.165, 1.54) is 11.3 Å². The molecule has 0 aliphatic carbocycles. The van der Waals surface area contributed by atoms with Crippen LogP contribution in [-0.2, 0) is 24.9 Å². The number of benzene rings is 1. The summed E-state index contributed by atoms with van der Waals surface area (Å²) in [4.78, 5) is 16.9. The minimum atomic E-state index is 0.508. The highest BCUT2D eigenvalue weighted by molar-refractivity contribution is 7.21. The zero-order chi connectivity index (χ0) is 24.0. The fraction of sp³-hybridized carbons (Fsp3) is 0.360. The van der Waals surface area contributed by atoms with Crippen molar-refractivity contribution in [3.63, 3.8) is 0 Å². The van der Waals surface area contributed by atoms with Gasteiger partial charge in [-0.05, 0) is 43.2 Å². The van der Waals surface area contributed by atoms with Crippen LogP contribution < -0.4 is 19.9 Å². The van der Waals surface area contributed by atoms with Crippen molar-refractivity contribution in [3.8, 4) is 16.9 Å². The molecule has 0 atom stereocenters. The Morgan fingerprint density at radius 2 is 2.00 bits per heavy atom. The predicted molar refractivity (Wildman–Crippen MR) is 134 cm³/mol. The number of rotatable bonds is 4. The fourth-order valence-electron chi connectivity index (χ4n) is 4.68. The summed E-state index contributed by atoms with van der Waals surface area (Å²) >= 11 is 1.40. The number of thiazole rings is 1. The Hall–Kier alpha value is -3.30. The zero-order valence-electron chi connectivity index (χ0n) is 20.2. The van der Waals surface area contributed by atoms with E-state index in [1.54, 1.807) is 7.11 Å². The molecule has 5 rings (SSSR count). The quantitative estimate of drug-likeness (QED) is 0.449. The molecule has 0 bridgehead atoms. The van der Waals surface area contributed by atoms with Gasteiger partial charge in [0.1, 0.15) is 28.4 Å². The van der Waals surface area contributed by atoms with Crippen LogP contribution in [0.2, 0.25) is 0 Å². The second kappa shape index (κ2) is 8.81. The number of nitrogens with zero attached hydrogens (tertiary/aromatic N) is 5. The van der Waals surface area contributed by atoms with Gasteiger partial charge in [0.15, 0.2) is 5.13 Å². The third kappa shape index (κ3) is 3.95. The molecule has 1 aromatic carbocycles. The van der Waals surface area contributed by atoms with Crippen molar-refractivity contribution < 1.29 is 14.0 Å². The summed E-state index contributed by atoms with van der Waals surface area (Å²) in [6, 6.07) is 6.41. The van der Waals surface area contributed by atoms with E-state index >= 15 is 0 Å². The topological polar surface area (TPSA) is 90.3 Å². The lowest BCUT2D eigenvalue weighted by Crippen LogP contribution is -2.44. The molecule has 0 saturated heterocycles. The van der Waals surface area contributed by atoms with Gasteiger partial charge in [-0.15, -0.1) is 4.98 Å². The molecular formula is C25H29N6O2S+. The molecule has 9 heteroatoms. The molecule has 0 saturated carbocycles. The molecule has 1 aliphatic heterocycles.